The number of hydrogen-bond acceptors (Lipinski definition) is 9. The number of para-hydroxylation sites is 1. The minimum absolute atomic E-state index is 0.00726. The molecule has 1 aliphatic heterocycles. The number of nitrogens with one attached hydrogen (secondary N) is 3. The average Bonchev–Trinajstić information content (AvgIpc) is 3.11. The molecule has 1 fully saturated rings. The molecule has 11 heteroatoms. The molecule has 11 nitrogen and oxygen atoms in total. The van der Waals surface area contributed by atoms with Gasteiger partial charge in [-0.3, -0.25) is 9.59 Å². The van der Waals surface area contributed by atoms with Crippen molar-refractivity contribution in [3.05, 3.63) is 89.1 Å². The summed E-state index contributed by atoms with van der Waals surface area (Å²) in [7, 11) is 1.49. The van der Waals surface area contributed by atoms with Crippen molar-refractivity contribution in [3.8, 4) is 23.1 Å². The Morgan fingerprint density at radius 1 is 0.918 bits per heavy atom. The lowest BCUT2D eigenvalue weighted by Gasteiger charge is -2.26. The van der Waals surface area contributed by atoms with E-state index in [1.807, 2.05) is 63.2 Å². The van der Waals surface area contributed by atoms with Crippen molar-refractivity contribution in [1.29, 1.82) is 0 Å². The fourth-order valence-electron chi connectivity index (χ4n) is 5.64. The second-order valence-electron chi connectivity index (χ2n) is 12.1. The summed E-state index contributed by atoms with van der Waals surface area (Å²) in [5, 5.41) is 9.06. The van der Waals surface area contributed by atoms with Gasteiger partial charge in [0.1, 0.15) is 11.3 Å². The molecular weight excluding hydrogens is 620 g/mol. The molecule has 3 aromatic carbocycles. The molecule has 1 saturated heterocycles. The van der Waals surface area contributed by atoms with Crippen LogP contribution in [0.1, 0.15) is 70.9 Å². The number of aryl methyl sites for hydroxylation is 2. The molecule has 258 valence electrons. The first kappa shape index (κ1) is 35.2. The summed E-state index contributed by atoms with van der Waals surface area (Å²) < 4.78 is 17.9. The number of nitrogens with zero attached hydrogens (tertiary/aromatic N) is 3. The molecule has 0 aliphatic carbocycles. The van der Waals surface area contributed by atoms with Gasteiger partial charge >= 0.3 is 0 Å². The van der Waals surface area contributed by atoms with Crippen LogP contribution in [-0.4, -0.2) is 66.6 Å². The Hall–Kier alpha value is -5.16. The van der Waals surface area contributed by atoms with E-state index in [9.17, 15) is 9.59 Å². The topological polar surface area (TPSA) is 127 Å². The maximum Gasteiger partial charge on any atom is 0.262 e. The van der Waals surface area contributed by atoms with Gasteiger partial charge in [0, 0.05) is 42.3 Å². The minimum atomic E-state index is -0.437. The number of benzene rings is 3. The lowest BCUT2D eigenvalue weighted by atomic mass is 10.1. The van der Waals surface area contributed by atoms with Crippen molar-refractivity contribution in [1.82, 2.24) is 20.2 Å². The van der Waals surface area contributed by atoms with E-state index in [0.29, 0.717) is 35.8 Å². The van der Waals surface area contributed by atoms with Crippen LogP contribution < -0.4 is 30.2 Å². The zero-order valence-electron chi connectivity index (χ0n) is 28.8. The second-order valence-corrected chi connectivity index (χ2v) is 12.1. The monoisotopic (exact) mass is 666 g/mol. The van der Waals surface area contributed by atoms with E-state index in [-0.39, 0.29) is 29.0 Å². The number of carbonyl (C=O) groups is 2. The molecule has 0 radical (unpaired) electrons. The van der Waals surface area contributed by atoms with Crippen LogP contribution in [-0.2, 0) is 0 Å². The number of anilines is 3. The molecule has 2 amide bonds. The summed E-state index contributed by atoms with van der Waals surface area (Å²) >= 11 is 0. The second kappa shape index (κ2) is 17.3. The molecule has 0 saturated carbocycles. The number of aromatic nitrogens is 2. The van der Waals surface area contributed by atoms with E-state index in [0.717, 1.165) is 36.3 Å². The zero-order chi connectivity index (χ0) is 34.6. The van der Waals surface area contributed by atoms with Gasteiger partial charge in [-0.05, 0) is 94.1 Å². The highest BCUT2D eigenvalue weighted by molar-refractivity contribution is 6.06. The predicted molar refractivity (Wildman–Crippen MR) is 192 cm³/mol. The molecule has 0 atom stereocenters. The van der Waals surface area contributed by atoms with Crippen LogP contribution in [0, 0.1) is 13.8 Å². The Bertz CT molecular complexity index is 1720. The highest BCUT2D eigenvalue weighted by Crippen LogP contribution is 2.34. The van der Waals surface area contributed by atoms with Crippen molar-refractivity contribution in [2.75, 3.05) is 50.5 Å². The Morgan fingerprint density at radius 3 is 2.45 bits per heavy atom. The Balaban J connectivity index is 1.36. The zero-order valence-corrected chi connectivity index (χ0v) is 28.8. The predicted octanol–water partition coefficient (Wildman–Crippen LogP) is 7.28. The summed E-state index contributed by atoms with van der Waals surface area (Å²) in [6.07, 6.45) is 7.08. The van der Waals surface area contributed by atoms with Crippen molar-refractivity contribution in [2.45, 2.75) is 52.9 Å². The molecule has 0 spiro atoms. The van der Waals surface area contributed by atoms with Gasteiger partial charge in [-0.15, -0.1) is 0 Å². The van der Waals surface area contributed by atoms with Crippen LogP contribution in [0.15, 0.2) is 66.9 Å². The maximum absolute atomic E-state index is 13.7. The lowest BCUT2D eigenvalue weighted by Crippen LogP contribution is -2.31. The Kier molecular flexibility index (Phi) is 12.4. The number of methoxy groups -OCH3 is 1. The van der Waals surface area contributed by atoms with Gasteiger partial charge in [0.2, 0.25) is 11.8 Å². The summed E-state index contributed by atoms with van der Waals surface area (Å²) in [4.78, 5) is 37.8. The third-order valence-electron chi connectivity index (χ3n) is 8.31. The van der Waals surface area contributed by atoms with Crippen LogP contribution >= 0.6 is 0 Å². The van der Waals surface area contributed by atoms with Gasteiger partial charge in [0.05, 0.1) is 13.7 Å². The standard InChI is InChI=1S/C38H46N6O5/c1-5-18-39-35(45)28-16-17-32(33(23-28)47-4)49-37-31(36(46)42-34-26(2)12-9-13-27(34)3)25-40-38(43-37)41-29-14-10-15-30(24-29)48-22-11-21-44-19-7-6-8-20-44/h9-10,12-17,23-25H,5-8,11,18-22H2,1-4H3,(H,39,45)(H,42,46)(H,40,41,43). The highest BCUT2D eigenvalue weighted by atomic mass is 16.5. The van der Waals surface area contributed by atoms with E-state index in [2.05, 4.69) is 30.8 Å². The molecular formula is C38H46N6O5. The molecule has 49 heavy (non-hydrogen) atoms. The highest BCUT2D eigenvalue weighted by Gasteiger charge is 2.21. The normalized spacial score (nSPS) is 13.0. The first-order valence-electron chi connectivity index (χ1n) is 17.0. The number of hydrogen-bond donors (Lipinski definition) is 3. The summed E-state index contributed by atoms with van der Waals surface area (Å²) in [6, 6.07) is 18.2. The van der Waals surface area contributed by atoms with Crippen LogP contribution in [0.3, 0.4) is 0 Å². The third kappa shape index (κ3) is 9.70. The van der Waals surface area contributed by atoms with E-state index >= 15 is 0 Å². The number of likely N-dealkylation sites (tertiary alicyclic amines) is 1. The first-order valence-corrected chi connectivity index (χ1v) is 17.0. The van der Waals surface area contributed by atoms with Crippen LogP contribution in [0.25, 0.3) is 0 Å². The van der Waals surface area contributed by atoms with Gasteiger partial charge in [-0.2, -0.15) is 4.98 Å². The minimum Gasteiger partial charge on any atom is -0.493 e. The molecule has 1 aliphatic rings. The lowest BCUT2D eigenvalue weighted by molar-refractivity contribution is 0.0952. The number of amides is 2. The average molecular weight is 667 g/mol. The van der Waals surface area contributed by atoms with Gasteiger partial charge < -0.3 is 35.1 Å². The van der Waals surface area contributed by atoms with Gasteiger partial charge in [0.25, 0.3) is 11.8 Å². The first-order chi connectivity index (χ1) is 23.8. The van der Waals surface area contributed by atoms with E-state index in [1.165, 1.54) is 45.7 Å². The maximum atomic E-state index is 13.7. The Labute approximate surface area is 288 Å². The Morgan fingerprint density at radius 2 is 1.69 bits per heavy atom. The molecule has 2 heterocycles. The molecule has 4 aromatic rings. The molecule has 3 N–H and O–H groups in total. The summed E-state index contributed by atoms with van der Waals surface area (Å²) in [5.41, 5.74) is 3.79. The van der Waals surface area contributed by atoms with Crippen LogP contribution in [0.2, 0.25) is 0 Å². The molecule has 1 aromatic heterocycles. The van der Waals surface area contributed by atoms with E-state index < -0.39 is 5.91 Å². The van der Waals surface area contributed by atoms with Crippen LogP contribution in [0.4, 0.5) is 17.3 Å². The summed E-state index contributed by atoms with van der Waals surface area (Å²) in [5.74, 6) is 0.889. The molecule has 0 unspecified atom stereocenters. The number of ether oxygens (including phenoxy) is 3. The molecule has 0 bridgehead atoms. The summed E-state index contributed by atoms with van der Waals surface area (Å²) in [6.45, 7) is 10.4. The van der Waals surface area contributed by atoms with Gasteiger partial charge in [0.15, 0.2) is 11.5 Å². The van der Waals surface area contributed by atoms with Crippen molar-refractivity contribution >= 4 is 29.1 Å². The van der Waals surface area contributed by atoms with Crippen molar-refractivity contribution in [3.63, 3.8) is 0 Å². The molecule has 5 rings (SSSR count). The van der Waals surface area contributed by atoms with Crippen LogP contribution in [0.5, 0.6) is 23.1 Å². The number of carbonyl (C=O) groups excluding carboxylic acids is 2. The van der Waals surface area contributed by atoms with Gasteiger partial charge in [-0.1, -0.05) is 37.6 Å². The quantitative estimate of drug-likeness (QED) is 0.112. The van der Waals surface area contributed by atoms with Crippen molar-refractivity contribution < 1.29 is 23.8 Å². The van der Waals surface area contributed by atoms with Gasteiger partial charge in [-0.25, -0.2) is 4.98 Å². The third-order valence-corrected chi connectivity index (χ3v) is 8.31. The van der Waals surface area contributed by atoms with E-state index in [4.69, 9.17) is 14.2 Å². The number of rotatable bonds is 15. The SMILES string of the molecule is CCCNC(=O)c1ccc(Oc2nc(Nc3cccc(OCCCN4CCCCC4)c3)ncc2C(=O)Nc2c(C)cccc2C)c(OC)c1. The number of piperidine rings is 1. The van der Waals surface area contributed by atoms with Crippen molar-refractivity contribution in [2.24, 2.45) is 0 Å². The fraction of sp³-hybridized carbons (Fsp3) is 0.368. The largest absolute Gasteiger partial charge is 0.493 e. The fourth-order valence-corrected chi connectivity index (χ4v) is 5.64. The van der Waals surface area contributed by atoms with E-state index in [1.54, 1.807) is 18.2 Å². The smallest absolute Gasteiger partial charge is 0.262 e.